The Morgan fingerprint density at radius 3 is 2.63 bits per heavy atom. The highest BCUT2D eigenvalue weighted by Gasteiger charge is 2.28. The maximum absolute atomic E-state index is 13.2. The lowest BCUT2D eigenvalue weighted by atomic mass is 10.1. The minimum absolute atomic E-state index is 0.152. The zero-order valence-electron chi connectivity index (χ0n) is 16.5. The molecule has 0 radical (unpaired) electrons. The first kappa shape index (κ1) is 21.9. The van der Waals surface area contributed by atoms with Crippen molar-refractivity contribution in [3.8, 4) is 0 Å². The quantitative estimate of drug-likeness (QED) is 0.702. The molecule has 1 unspecified atom stereocenters. The number of hydrogen-bond donors (Lipinski definition) is 2. The Balaban J connectivity index is 1.56. The zero-order chi connectivity index (χ0) is 21.7. The van der Waals surface area contributed by atoms with Crippen LogP contribution in [0.4, 0.5) is 8.78 Å². The van der Waals surface area contributed by atoms with Gasteiger partial charge in [0.1, 0.15) is 17.7 Å². The van der Waals surface area contributed by atoms with Crippen molar-refractivity contribution in [3.05, 3.63) is 57.3 Å². The van der Waals surface area contributed by atoms with Crippen molar-refractivity contribution in [2.75, 3.05) is 13.1 Å². The average molecular weight is 435 g/mol. The van der Waals surface area contributed by atoms with Gasteiger partial charge in [-0.3, -0.25) is 14.4 Å². The Kier molecular flexibility index (Phi) is 7.15. The van der Waals surface area contributed by atoms with Crippen molar-refractivity contribution in [2.45, 2.75) is 38.8 Å². The number of halogens is 2. The van der Waals surface area contributed by atoms with Gasteiger partial charge in [-0.1, -0.05) is 13.3 Å². The van der Waals surface area contributed by atoms with E-state index >= 15 is 0 Å². The predicted octanol–water partition coefficient (Wildman–Crippen LogP) is 2.63. The summed E-state index contributed by atoms with van der Waals surface area (Å²) in [7, 11) is 0. The van der Waals surface area contributed by atoms with Gasteiger partial charge in [-0.05, 0) is 42.0 Å². The van der Waals surface area contributed by atoms with E-state index in [2.05, 4.69) is 10.6 Å². The second-order valence-electron chi connectivity index (χ2n) is 7.13. The van der Waals surface area contributed by atoms with Crippen molar-refractivity contribution in [2.24, 2.45) is 0 Å². The van der Waals surface area contributed by atoms with Crippen molar-refractivity contribution in [1.82, 2.24) is 15.5 Å². The summed E-state index contributed by atoms with van der Waals surface area (Å²) in [6, 6.07) is 3.75. The molecule has 0 saturated heterocycles. The van der Waals surface area contributed by atoms with Crippen molar-refractivity contribution in [3.63, 3.8) is 0 Å². The maximum atomic E-state index is 13.2. The molecule has 0 spiro atoms. The van der Waals surface area contributed by atoms with Gasteiger partial charge >= 0.3 is 0 Å². The summed E-state index contributed by atoms with van der Waals surface area (Å²) >= 11 is 1.68. The first-order chi connectivity index (χ1) is 14.4. The molecule has 2 aromatic rings. The van der Waals surface area contributed by atoms with E-state index in [0.717, 1.165) is 24.1 Å². The van der Waals surface area contributed by atoms with Crippen LogP contribution in [0.5, 0.6) is 0 Å². The topological polar surface area (TPSA) is 78.5 Å². The van der Waals surface area contributed by atoms with Gasteiger partial charge in [0.2, 0.25) is 11.8 Å². The van der Waals surface area contributed by atoms with E-state index in [4.69, 9.17) is 0 Å². The molecule has 0 bridgehead atoms. The van der Waals surface area contributed by atoms with Gasteiger partial charge in [-0.15, -0.1) is 11.3 Å². The standard InChI is InChI=1S/C21H23F2N3O3S/c1-2-3-17(21(29)26-6-4-18-13(12-26)5-7-30-18)25-19(27)11-24-20(28)14-8-15(22)10-16(23)9-14/h5,7-10,17H,2-4,6,11-12H2,1H3,(H,24,28)(H,25,27). The number of carbonyl (C=O) groups excluding carboxylic acids is 3. The maximum Gasteiger partial charge on any atom is 0.251 e. The largest absolute Gasteiger partial charge is 0.343 e. The first-order valence-corrected chi connectivity index (χ1v) is 10.6. The van der Waals surface area contributed by atoms with E-state index in [1.54, 1.807) is 16.2 Å². The average Bonchev–Trinajstić information content (AvgIpc) is 3.18. The normalized spacial score (nSPS) is 14.0. The number of amides is 3. The van der Waals surface area contributed by atoms with Crippen molar-refractivity contribution < 1.29 is 23.2 Å². The van der Waals surface area contributed by atoms with Crippen LogP contribution in [0, 0.1) is 11.6 Å². The number of benzene rings is 1. The summed E-state index contributed by atoms with van der Waals surface area (Å²) < 4.78 is 26.5. The molecule has 0 saturated carbocycles. The number of carbonyl (C=O) groups is 3. The van der Waals surface area contributed by atoms with Crippen LogP contribution in [0.25, 0.3) is 0 Å². The molecule has 1 aliphatic rings. The van der Waals surface area contributed by atoms with Gasteiger partial charge in [0, 0.05) is 29.6 Å². The molecular weight excluding hydrogens is 412 g/mol. The fourth-order valence-electron chi connectivity index (χ4n) is 3.40. The van der Waals surface area contributed by atoms with Crippen molar-refractivity contribution >= 4 is 29.1 Å². The molecule has 1 atom stereocenters. The van der Waals surface area contributed by atoms with Gasteiger partial charge in [-0.2, -0.15) is 0 Å². The Morgan fingerprint density at radius 1 is 1.20 bits per heavy atom. The van der Waals surface area contributed by atoms with Gasteiger partial charge in [0.15, 0.2) is 0 Å². The Morgan fingerprint density at radius 2 is 1.93 bits per heavy atom. The number of hydrogen-bond acceptors (Lipinski definition) is 4. The highest BCUT2D eigenvalue weighted by atomic mass is 32.1. The minimum Gasteiger partial charge on any atom is -0.343 e. The van der Waals surface area contributed by atoms with E-state index in [9.17, 15) is 23.2 Å². The van der Waals surface area contributed by atoms with Crippen LogP contribution in [-0.4, -0.2) is 41.8 Å². The summed E-state index contributed by atoms with van der Waals surface area (Å²) in [6.07, 6.45) is 1.97. The molecule has 3 rings (SSSR count). The molecule has 2 N–H and O–H groups in total. The van der Waals surface area contributed by atoms with E-state index in [0.29, 0.717) is 32.0 Å². The van der Waals surface area contributed by atoms with Crippen LogP contribution in [-0.2, 0) is 22.6 Å². The monoisotopic (exact) mass is 435 g/mol. The molecule has 0 aliphatic carbocycles. The van der Waals surface area contributed by atoms with Crippen LogP contribution in [0.15, 0.2) is 29.6 Å². The molecular formula is C21H23F2N3O3S. The van der Waals surface area contributed by atoms with E-state index < -0.39 is 36.0 Å². The van der Waals surface area contributed by atoms with Crippen LogP contribution in [0.3, 0.4) is 0 Å². The van der Waals surface area contributed by atoms with Crippen LogP contribution in [0.2, 0.25) is 0 Å². The second kappa shape index (κ2) is 9.80. The van der Waals surface area contributed by atoms with Crippen molar-refractivity contribution in [1.29, 1.82) is 0 Å². The van der Waals surface area contributed by atoms with Gasteiger partial charge < -0.3 is 15.5 Å². The lowest BCUT2D eigenvalue weighted by Crippen LogP contribution is -2.51. The van der Waals surface area contributed by atoms with Crippen LogP contribution < -0.4 is 10.6 Å². The number of fused-ring (bicyclic) bond motifs is 1. The van der Waals surface area contributed by atoms with E-state index in [1.807, 2.05) is 18.4 Å². The fourth-order valence-corrected chi connectivity index (χ4v) is 4.29. The predicted molar refractivity (Wildman–Crippen MR) is 109 cm³/mol. The highest BCUT2D eigenvalue weighted by Crippen LogP contribution is 2.24. The Bertz CT molecular complexity index is 927. The lowest BCUT2D eigenvalue weighted by molar-refractivity contribution is -0.137. The van der Waals surface area contributed by atoms with Gasteiger partial charge in [-0.25, -0.2) is 8.78 Å². The molecule has 6 nitrogen and oxygen atoms in total. The molecule has 9 heteroatoms. The summed E-state index contributed by atoms with van der Waals surface area (Å²) in [6.45, 7) is 2.64. The molecule has 1 aromatic carbocycles. The van der Waals surface area contributed by atoms with Gasteiger partial charge in [0.25, 0.3) is 5.91 Å². The number of nitrogens with one attached hydrogen (secondary N) is 2. The Hall–Kier alpha value is -2.81. The summed E-state index contributed by atoms with van der Waals surface area (Å²) in [5.74, 6) is -3.23. The molecule has 1 aliphatic heterocycles. The van der Waals surface area contributed by atoms with Gasteiger partial charge in [0.05, 0.1) is 6.54 Å². The SMILES string of the molecule is CCCC(NC(=O)CNC(=O)c1cc(F)cc(F)c1)C(=O)N1CCc2sccc2C1. The third-order valence-corrected chi connectivity index (χ3v) is 5.89. The Labute approximate surface area is 177 Å². The molecule has 2 heterocycles. The molecule has 30 heavy (non-hydrogen) atoms. The third-order valence-electron chi connectivity index (χ3n) is 4.86. The minimum atomic E-state index is -0.881. The molecule has 3 amide bonds. The third kappa shape index (κ3) is 5.41. The first-order valence-electron chi connectivity index (χ1n) is 9.75. The molecule has 160 valence electrons. The zero-order valence-corrected chi connectivity index (χ0v) is 17.4. The van der Waals surface area contributed by atoms with E-state index in [1.165, 1.54) is 4.88 Å². The summed E-state index contributed by atoms with van der Waals surface area (Å²) in [5.41, 5.74) is 0.914. The fraction of sp³-hybridized carbons (Fsp3) is 0.381. The van der Waals surface area contributed by atoms with E-state index in [-0.39, 0.29) is 11.5 Å². The van der Waals surface area contributed by atoms with Crippen LogP contribution in [0.1, 0.15) is 40.6 Å². The number of rotatable bonds is 7. The second-order valence-corrected chi connectivity index (χ2v) is 8.13. The molecule has 0 fully saturated rings. The van der Waals surface area contributed by atoms with Crippen LogP contribution >= 0.6 is 11.3 Å². The number of nitrogens with zero attached hydrogens (tertiary/aromatic N) is 1. The smallest absolute Gasteiger partial charge is 0.251 e. The molecule has 1 aromatic heterocycles. The highest BCUT2D eigenvalue weighted by molar-refractivity contribution is 7.10. The lowest BCUT2D eigenvalue weighted by Gasteiger charge is -2.31. The number of thiophene rings is 1. The summed E-state index contributed by atoms with van der Waals surface area (Å²) in [5, 5.41) is 7.00. The summed E-state index contributed by atoms with van der Waals surface area (Å²) in [4.78, 5) is 40.3.